The van der Waals surface area contributed by atoms with Crippen molar-refractivity contribution in [2.45, 2.75) is 31.2 Å². The number of rotatable bonds is 5. The van der Waals surface area contributed by atoms with E-state index in [-0.39, 0.29) is 28.3 Å². The molecule has 1 fully saturated rings. The number of hydrogen-bond donors (Lipinski definition) is 1. The first-order valence-electron chi connectivity index (χ1n) is 8.05. The van der Waals surface area contributed by atoms with Gasteiger partial charge in [-0.25, -0.2) is 21.5 Å². The molecular formula is C16H21N3O5S2. The third-order valence-electron chi connectivity index (χ3n) is 4.33. The first-order chi connectivity index (χ1) is 12.1. The molecule has 0 bridgehead atoms. The third-order valence-corrected chi connectivity index (χ3v) is 7.43. The number of hydrogen-bond acceptors (Lipinski definition) is 6. The van der Waals surface area contributed by atoms with E-state index in [4.69, 9.17) is 4.74 Å². The maximum absolute atomic E-state index is 12.7. The Kier molecular flexibility index (Phi) is 4.74. The topological polar surface area (TPSA) is 107 Å². The third kappa shape index (κ3) is 3.70. The highest BCUT2D eigenvalue weighted by molar-refractivity contribution is 7.92. The fraction of sp³-hybridized carbons (Fsp3) is 0.438. The molecule has 26 heavy (non-hydrogen) atoms. The van der Waals surface area contributed by atoms with Crippen LogP contribution in [0.25, 0.3) is 0 Å². The second-order valence-electron chi connectivity index (χ2n) is 6.41. The minimum Gasteiger partial charge on any atom is -0.496 e. The molecule has 3 rings (SSSR count). The van der Waals surface area contributed by atoms with Gasteiger partial charge in [0.05, 0.1) is 35.2 Å². The van der Waals surface area contributed by atoms with Gasteiger partial charge in [-0.2, -0.15) is 5.10 Å². The minimum absolute atomic E-state index is 0.0372. The smallest absolute Gasteiger partial charge is 0.263 e. The molecule has 0 aliphatic carbocycles. The van der Waals surface area contributed by atoms with Crippen molar-refractivity contribution in [2.75, 3.05) is 23.3 Å². The lowest BCUT2D eigenvalue weighted by Gasteiger charge is -2.15. The van der Waals surface area contributed by atoms with Gasteiger partial charge in [-0.3, -0.25) is 4.72 Å². The summed E-state index contributed by atoms with van der Waals surface area (Å²) in [5, 5.41) is 4.29. The second kappa shape index (κ2) is 6.58. The van der Waals surface area contributed by atoms with Crippen LogP contribution in [0.2, 0.25) is 0 Å². The first kappa shape index (κ1) is 18.7. The zero-order valence-electron chi connectivity index (χ0n) is 14.8. The molecule has 142 valence electrons. The molecule has 0 spiro atoms. The van der Waals surface area contributed by atoms with E-state index in [0.717, 1.165) is 0 Å². The summed E-state index contributed by atoms with van der Waals surface area (Å²) >= 11 is 0. The highest BCUT2D eigenvalue weighted by Crippen LogP contribution is 2.29. The van der Waals surface area contributed by atoms with Crippen LogP contribution >= 0.6 is 0 Å². The van der Waals surface area contributed by atoms with E-state index < -0.39 is 19.9 Å². The van der Waals surface area contributed by atoms with Gasteiger partial charge in [0.2, 0.25) is 0 Å². The summed E-state index contributed by atoms with van der Waals surface area (Å²) in [6, 6.07) is 5.80. The number of anilines is 1. The predicted octanol–water partition coefficient (Wildman–Crippen LogP) is 1.67. The van der Waals surface area contributed by atoms with Crippen LogP contribution in [0.3, 0.4) is 0 Å². The maximum Gasteiger partial charge on any atom is 0.263 e. The number of nitrogens with zero attached hydrogens (tertiary/aromatic N) is 2. The van der Waals surface area contributed by atoms with Gasteiger partial charge in [0.15, 0.2) is 9.84 Å². The zero-order chi connectivity index (χ0) is 19.1. The number of benzene rings is 1. The van der Waals surface area contributed by atoms with Gasteiger partial charge < -0.3 is 4.74 Å². The Morgan fingerprint density at radius 2 is 2.00 bits per heavy atom. The average Bonchev–Trinajstić information content (AvgIpc) is 3.08. The molecule has 0 amide bonds. The van der Waals surface area contributed by atoms with Crippen molar-refractivity contribution in [1.29, 1.82) is 0 Å². The Morgan fingerprint density at radius 1 is 1.27 bits per heavy atom. The molecule has 1 aliphatic rings. The summed E-state index contributed by atoms with van der Waals surface area (Å²) in [4.78, 5) is 0.0975. The van der Waals surface area contributed by atoms with Crippen molar-refractivity contribution in [3.8, 4) is 5.75 Å². The monoisotopic (exact) mass is 399 g/mol. The molecule has 1 N–H and O–H groups in total. The van der Waals surface area contributed by atoms with Gasteiger partial charge in [-0.1, -0.05) is 0 Å². The normalized spacial score (nSPS) is 19.4. The Labute approximate surface area is 153 Å². The van der Waals surface area contributed by atoms with Gasteiger partial charge in [-0.15, -0.1) is 0 Å². The van der Waals surface area contributed by atoms with Gasteiger partial charge >= 0.3 is 0 Å². The molecular weight excluding hydrogens is 378 g/mol. The van der Waals surface area contributed by atoms with Crippen molar-refractivity contribution in [3.05, 3.63) is 35.5 Å². The fourth-order valence-electron chi connectivity index (χ4n) is 3.05. The summed E-state index contributed by atoms with van der Waals surface area (Å²) in [6.07, 6.45) is 0.416. The largest absolute Gasteiger partial charge is 0.496 e. The molecule has 0 radical (unpaired) electrons. The highest BCUT2D eigenvalue weighted by atomic mass is 32.2. The van der Waals surface area contributed by atoms with Gasteiger partial charge in [0.1, 0.15) is 11.6 Å². The lowest BCUT2D eigenvalue weighted by molar-refractivity contribution is 0.411. The van der Waals surface area contributed by atoms with E-state index in [1.165, 1.54) is 23.9 Å². The number of nitrogens with one attached hydrogen (secondary N) is 1. The molecule has 1 atom stereocenters. The molecule has 10 heteroatoms. The van der Waals surface area contributed by atoms with E-state index in [0.29, 0.717) is 23.4 Å². The van der Waals surface area contributed by atoms with Crippen LogP contribution in [-0.2, 0) is 19.9 Å². The summed E-state index contributed by atoms with van der Waals surface area (Å²) in [5.74, 6) is 0.907. The lowest BCUT2D eigenvalue weighted by Crippen LogP contribution is -2.20. The molecule has 1 unspecified atom stereocenters. The van der Waals surface area contributed by atoms with Gasteiger partial charge in [0.25, 0.3) is 10.0 Å². The molecule has 2 heterocycles. The van der Waals surface area contributed by atoms with Crippen LogP contribution in [0.4, 0.5) is 5.82 Å². The van der Waals surface area contributed by atoms with Crippen LogP contribution in [-0.4, -0.2) is 45.2 Å². The Morgan fingerprint density at radius 3 is 2.58 bits per heavy atom. The van der Waals surface area contributed by atoms with Crippen LogP contribution in [0.5, 0.6) is 5.75 Å². The van der Waals surface area contributed by atoms with Crippen LogP contribution in [0.1, 0.15) is 23.7 Å². The van der Waals surface area contributed by atoms with E-state index in [2.05, 4.69) is 9.82 Å². The number of sulfonamides is 1. The molecule has 1 aromatic carbocycles. The van der Waals surface area contributed by atoms with Crippen LogP contribution in [0, 0.1) is 13.8 Å². The maximum atomic E-state index is 12.7. The Balaban J connectivity index is 1.92. The van der Waals surface area contributed by atoms with Crippen molar-refractivity contribution in [3.63, 3.8) is 0 Å². The van der Waals surface area contributed by atoms with Gasteiger partial charge in [-0.05, 0) is 44.0 Å². The molecule has 1 aromatic heterocycles. The SMILES string of the molecule is COc1ccc(S(=O)(=O)Nc2cc(C)nn2C2CCS(=O)(=O)C2)cc1C. The van der Waals surface area contributed by atoms with Crippen molar-refractivity contribution < 1.29 is 21.6 Å². The molecule has 2 aromatic rings. The Bertz CT molecular complexity index is 1040. The lowest BCUT2D eigenvalue weighted by atomic mass is 10.2. The predicted molar refractivity (Wildman–Crippen MR) is 97.8 cm³/mol. The van der Waals surface area contributed by atoms with Crippen molar-refractivity contribution >= 4 is 25.7 Å². The number of sulfone groups is 1. The molecule has 1 saturated heterocycles. The first-order valence-corrected chi connectivity index (χ1v) is 11.4. The fourth-order valence-corrected chi connectivity index (χ4v) is 5.87. The minimum atomic E-state index is -3.84. The molecule has 1 aliphatic heterocycles. The van der Waals surface area contributed by atoms with E-state index in [9.17, 15) is 16.8 Å². The Hall–Kier alpha value is -2.07. The zero-order valence-corrected chi connectivity index (χ0v) is 16.4. The number of ether oxygens (including phenoxy) is 1. The summed E-state index contributed by atoms with van der Waals surface area (Å²) in [6.45, 7) is 3.49. The molecule has 8 nitrogen and oxygen atoms in total. The summed E-state index contributed by atoms with van der Waals surface area (Å²) < 4.78 is 58.1. The van der Waals surface area contributed by atoms with Crippen LogP contribution < -0.4 is 9.46 Å². The number of aromatic nitrogens is 2. The average molecular weight is 399 g/mol. The van der Waals surface area contributed by atoms with E-state index in [1.54, 1.807) is 26.0 Å². The second-order valence-corrected chi connectivity index (χ2v) is 10.3. The van der Waals surface area contributed by atoms with Crippen molar-refractivity contribution in [1.82, 2.24) is 9.78 Å². The highest BCUT2D eigenvalue weighted by Gasteiger charge is 2.32. The standard InChI is InChI=1S/C16H21N3O5S2/c1-11-8-14(4-5-15(11)24-3)26(22,23)18-16-9-12(2)17-19(16)13-6-7-25(20,21)10-13/h4-5,8-9,13,18H,6-7,10H2,1-3H3. The number of methoxy groups -OCH3 is 1. The molecule has 0 saturated carbocycles. The number of aryl methyl sites for hydroxylation is 2. The van der Waals surface area contributed by atoms with Crippen LogP contribution in [0.15, 0.2) is 29.2 Å². The summed E-state index contributed by atoms with van der Waals surface area (Å²) in [5.41, 5.74) is 1.31. The van der Waals surface area contributed by atoms with E-state index >= 15 is 0 Å². The quantitative estimate of drug-likeness (QED) is 0.819. The van der Waals surface area contributed by atoms with Crippen molar-refractivity contribution in [2.24, 2.45) is 0 Å². The summed E-state index contributed by atoms with van der Waals surface area (Å²) in [7, 11) is -5.44. The van der Waals surface area contributed by atoms with Gasteiger partial charge in [0, 0.05) is 6.07 Å². The van der Waals surface area contributed by atoms with E-state index in [1.807, 2.05) is 0 Å².